The molecule has 3 nitrogen and oxygen atoms in total. The van der Waals surface area contributed by atoms with E-state index in [1.165, 1.54) is 19.3 Å². The molecule has 3 rings (SSSR count). The summed E-state index contributed by atoms with van der Waals surface area (Å²) in [4.78, 5) is 4.33. The predicted octanol–water partition coefficient (Wildman–Crippen LogP) is 2.74. The van der Waals surface area contributed by atoms with Crippen LogP contribution in [0.25, 0.3) is 0 Å². The van der Waals surface area contributed by atoms with E-state index in [0.29, 0.717) is 11.1 Å². The van der Waals surface area contributed by atoms with E-state index in [1.807, 2.05) is 6.07 Å². The number of nitrogens with zero attached hydrogens (tertiary/aromatic N) is 1. The molecule has 4 heteroatoms. The lowest BCUT2D eigenvalue weighted by Crippen LogP contribution is -2.22. The summed E-state index contributed by atoms with van der Waals surface area (Å²) < 4.78 is 0. The predicted molar refractivity (Wildman–Crippen MR) is 62.5 cm³/mol. The van der Waals surface area contributed by atoms with Crippen molar-refractivity contribution in [3.05, 3.63) is 17.3 Å². The van der Waals surface area contributed by atoms with Crippen molar-refractivity contribution in [2.24, 2.45) is 5.92 Å². The molecule has 1 aromatic rings. The van der Waals surface area contributed by atoms with Crippen LogP contribution < -0.4 is 10.6 Å². The van der Waals surface area contributed by atoms with Gasteiger partial charge in [-0.15, -0.1) is 0 Å². The molecule has 1 saturated carbocycles. The van der Waals surface area contributed by atoms with Gasteiger partial charge in [-0.1, -0.05) is 11.6 Å². The number of fused-ring (bicyclic) bond motifs is 1. The third kappa shape index (κ3) is 1.88. The second-order valence-corrected chi connectivity index (χ2v) is 4.79. The van der Waals surface area contributed by atoms with Gasteiger partial charge in [0.2, 0.25) is 0 Å². The number of hydrogen-bond donors (Lipinski definition) is 2. The first-order chi connectivity index (χ1) is 7.33. The van der Waals surface area contributed by atoms with Crippen LogP contribution in [0.1, 0.15) is 19.3 Å². The second-order valence-electron chi connectivity index (χ2n) is 4.35. The monoisotopic (exact) mass is 223 g/mol. The molecule has 80 valence electrons. The fourth-order valence-corrected chi connectivity index (χ4v) is 2.31. The topological polar surface area (TPSA) is 37.0 Å². The van der Waals surface area contributed by atoms with Crippen LogP contribution in [0.4, 0.5) is 11.5 Å². The van der Waals surface area contributed by atoms with E-state index < -0.39 is 0 Å². The average molecular weight is 224 g/mol. The number of halogens is 1. The Morgan fingerprint density at radius 2 is 2.20 bits per heavy atom. The molecule has 1 unspecified atom stereocenters. The van der Waals surface area contributed by atoms with Crippen molar-refractivity contribution in [2.75, 3.05) is 17.2 Å². The molecule has 2 aliphatic rings. The van der Waals surface area contributed by atoms with Gasteiger partial charge in [-0.05, 0) is 31.2 Å². The van der Waals surface area contributed by atoms with Gasteiger partial charge in [-0.3, -0.25) is 0 Å². The second kappa shape index (κ2) is 3.56. The Balaban J connectivity index is 1.88. The fraction of sp³-hybridized carbons (Fsp3) is 0.545. The Morgan fingerprint density at radius 1 is 1.33 bits per heavy atom. The van der Waals surface area contributed by atoms with E-state index in [-0.39, 0.29) is 0 Å². The van der Waals surface area contributed by atoms with Gasteiger partial charge in [0, 0.05) is 18.8 Å². The van der Waals surface area contributed by atoms with Crippen molar-refractivity contribution >= 4 is 23.1 Å². The minimum Gasteiger partial charge on any atom is -0.382 e. The number of hydrogen-bond acceptors (Lipinski definition) is 3. The largest absolute Gasteiger partial charge is 0.382 e. The summed E-state index contributed by atoms with van der Waals surface area (Å²) in [5.41, 5.74) is 1.03. The normalized spacial score (nSPS) is 24.7. The summed E-state index contributed by atoms with van der Waals surface area (Å²) in [6.45, 7) is 1.00. The molecule has 0 bridgehead atoms. The minimum atomic E-state index is 0.590. The van der Waals surface area contributed by atoms with Crippen LogP contribution in [0.5, 0.6) is 0 Å². The number of anilines is 2. The highest BCUT2D eigenvalue weighted by atomic mass is 35.5. The van der Waals surface area contributed by atoms with Gasteiger partial charge in [0.05, 0.1) is 10.7 Å². The highest BCUT2D eigenvalue weighted by Crippen LogP contribution is 2.37. The third-order valence-electron chi connectivity index (χ3n) is 3.14. The van der Waals surface area contributed by atoms with E-state index >= 15 is 0 Å². The Bertz CT molecular complexity index is 376. The lowest BCUT2D eigenvalue weighted by Gasteiger charge is -2.15. The van der Waals surface area contributed by atoms with Gasteiger partial charge < -0.3 is 10.6 Å². The van der Waals surface area contributed by atoms with Crippen molar-refractivity contribution in [2.45, 2.75) is 25.3 Å². The van der Waals surface area contributed by atoms with E-state index in [9.17, 15) is 0 Å². The first-order valence-electron chi connectivity index (χ1n) is 5.49. The quantitative estimate of drug-likeness (QED) is 0.769. The zero-order valence-corrected chi connectivity index (χ0v) is 9.22. The first-order valence-corrected chi connectivity index (χ1v) is 5.87. The van der Waals surface area contributed by atoms with Gasteiger partial charge in [0.15, 0.2) is 0 Å². The standard InChI is InChI=1S/C11H14ClN3/c12-8-5-10-11(14-6-8)15-9(3-4-13-10)7-1-2-7/h5-7,9,13H,1-4H2,(H,14,15). The molecule has 1 aliphatic heterocycles. The van der Waals surface area contributed by atoms with Gasteiger partial charge in [-0.25, -0.2) is 4.98 Å². The minimum absolute atomic E-state index is 0.590. The van der Waals surface area contributed by atoms with Gasteiger partial charge >= 0.3 is 0 Å². The van der Waals surface area contributed by atoms with Crippen LogP contribution >= 0.6 is 11.6 Å². The molecule has 0 amide bonds. The summed E-state index contributed by atoms with van der Waals surface area (Å²) in [5.74, 6) is 1.81. The number of pyridine rings is 1. The number of aromatic nitrogens is 1. The molecule has 2 N–H and O–H groups in total. The molecule has 1 aromatic heterocycles. The van der Waals surface area contributed by atoms with E-state index in [2.05, 4.69) is 15.6 Å². The van der Waals surface area contributed by atoms with Gasteiger partial charge in [0.25, 0.3) is 0 Å². The average Bonchev–Trinajstić information content (AvgIpc) is 3.02. The van der Waals surface area contributed by atoms with Crippen molar-refractivity contribution in [3.8, 4) is 0 Å². The third-order valence-corrected chi connectivity index (χ3v) is 3.34. The van der Waals surface area contributed by atoms with Crippen molar-refractivity contribution in [1.29, 1.82) is 0 Å². The van der Waals surface area contributed by atoms with E-state index in [4.69, 9.17) is 11.6 Å². The van der Waals surface area contributed by atoms with Crippen LogP contribution in [0.15, 0.2) is 12.3 Å². The number of nitrogens with one attached hydrogen (secondary N) is 2. The molecular weight excluding hydrogens is 210 g/mol. The zero-order valence-electron chi connectivity index (χ0n) is 8.46. The number of rotatable bonds is 1. The van der Waals surface area contributed by atoms with Crippen molar-refractivity contribution in [3.63, 3.8) is 0 Å². The van der Waals surface area contributed by atoms with Crippen LogP contribution in [0.3, 0.4) is 0 Å². The molecule has 0 saturated heterocycles. The Hall–Kier alpha value is -0.960. The Morgan fingerprint density at radius 3 is 3.00 bits per heavy atom. The summed E-state index contributed by atoms with van der Waals surface area (Å²) in [6, 6.07) is 2.53. The van der Waals surface area contributed by atoms with Crippen molar-refractivity contribution < 1.29 is 0 Å². The molecular formula is C11H14ClN3. The molecule has 15 heavy (non-hydrogen) atoms. The molecule has 1 fully saturated rings. The van der Waals surface area contributed by atoms with Crippen LogP contribution in [0.2, 0.25) is 5.02 Å². The fourth-order valence-electron chi connectivity index (χ4n) is 2.15. The lowest BCUT2D eigenvalue weighted by molar-refractivity contribution is 0.607. The van der Waals surface area contributed by atoms with Gasteiger partial charge in [-0.2, -0.15) is 0 Å². The van der Waals surface area contributed by atoms with Crippen molar-refractivity contribution in [1.82, 2.24) is 4.98 Å². The summed E-state index contributed by atoms with van der Waals surface area (Å²) in [6.07, 6.45) is 5.59. The van der Waals surface area contributed by atoms with Crippen LogP contribution in [-0.4, -0.2) is 17.6 Å². The molecule has 0 radical (unpaired) electrons. The van der Waals surface area contributed by atoms with Crippen LogP contribution in [-0.2, 0) is 0 Å². The maximum atomic E-state index is 5.91. The molecule has 1 atom stereocenters. The maximum absolute atomic E-state index is 5.91. The maximum Gasteiger partial charge on any atom is 0.149 e. The Labute approximate surface area is 94.2 Å². The SMILES string of the molecule is Clc1cnc2c(c1)NCCC(C1CC1)N2. The summed E-state index contributed by atoms with van der Waals surface area (Å²) >= 11 is 5.91. The first kappa shape index (κ1) is 9.28. The van der Waals surface area contributed by atoms with Gasteiger partial charge in [0.1, 0.15) is 5.82 Å². The van der Waals surface area contributed by atoms with E-state index in [0.717, 1.165) is 24.0 Å². The lowest BCUT2D eigenvalue weighted by atomic mass is 10.1. The van der Waals surface area contributed by atoms with Crippen LogP contribution in [0, 0.1) is 5.92 Å². The molecule has 1 aliphatic carbocycles. The highest BCUT2D eigenvalue weighted by Gasteiger charge is 2.32. The molecule has 0 spiro atoms. The smallest absolute Gasteiger partial charge is 0.149 e. The molecule has 0 aromatic carbocycles. The zero-order chi connectivity index (χ0) is 10.3. The van der Waals surface area contributed by atoms with E-state index in [1.54, 1.807) is 6.20 Å². The summed E-state index contributed by atoms with van der Waals surface area (Å²) in [5, 5.41) is 7.57. The Kier molecular flexibility index (Phi) is 2.20. The highest BCUT2D eigenvalue weighted by molar-refractivity contribution is 6.30. The molecule has 2 heterocycles. The summed E-state index contributed by atoms with van der Waals surface area (Å²) in [7, 11) is 0.